The van der Waals surface area contributed by atoms with Gasteiger partial charge in [-0.15, -0.1) is 0 Å². The number of aromatic amines is 1. The number of rotatable bonds is 8. The van der Waals surface area contributed by atoms with E-state index in [0.29, 0.717) is 5.82 Å². The summed E-state index contributed by atoms with van der Waals surface area (Å²) in [6.45, 7) is 3.59. The molecule has 0 saturated heterocycles. The number of hydrazone groups is 1. The second-order valence-electron chi connectivity index (χ2n) is 8.77. The molecule has 0 unspecified atom stereocenters. The normalized spacial score (nSPS) is 10.8. The zero-order valence-electron chi connectivity index (χ0n) is 22.8. The van der Waals surface area contributed by atoms with E-state index in [9.17, 15) is 24.8 Å². The molecule has 4 aromatic rings. The fourth-order valence-corrected chi connectivity index (χ4v) is 4.49. The number of nitro benzene ring substituents is 1. The Bertz CT molecular complexity index is 1720. The predicted molar refractivity (Wildman–Crippen MR) is 173 cm³/mol. The third-order valence-electron chi connectivity index (χ3n) is 5.53. The Kier molecular flexibility index (Phi) is 11.7. The number of nitrogens with one attached hydrogen (secondary N) is 3. The molecular weight excluding hydrogens is 688 g/mol. The molecule has 43 heavy (non-hydrogen) atoms. The van der Waals surface area contributed by atoms with Crippen LogP contribution in [-0.4, -0.2) is 44.9 Å². The SMILES string of the molecule is Cc1c(Br)cc(NCC(=O)N/N=C/c2cc([N+](=O)[O-])ccc2O)cc1Br.Cc1nc(N)c(N=Cc2ccccc2)c(=O)[nH]1. The summed E-state index contributed by atoms with van der Waals surface area (Å²) < 4.78 is 1.79. The summed E-state index contributed by atoms with van der Waals surface area (Å²) in [5, 5.41) is 27.0. The molecule has 3 aromatic carbocycles. The number of non-ortho nitro benzene ring substituents is 1. The van der Waals surface area contributed by atoms with E-state index < -0.39 is 10.8 Å². The Hall–Kier alpha value is -4.89. The minimum Gasteiger partial charge on any atom is -0.507 e. The number of hydrogen-bond acceptors (Lipinski definition) is 10. The molecule has 4 rings (SSSR count). The third-order valence-corrected chi connectivity index (χ3v) is 7.18. The van der Waals surface area contributed by atoms with E-state index in [2.05, 4.69) is 62.7 Å². The van der Waals surface area contributed by atoms with Crippen molar-refractivity contribution in [2.45, 2.75) is 13.8 Å². The molecule has 0 spiro atoms. The van der Waals surface area contributed by atoms with Gasteiger partial charge in [-0.1, -0.05) is 62.2 Å². The molecule has 0 aliphatic carbocycles. The minimum absolute atomic E-state index is 0.0276. The van der Waals surface area contributed by atoms with Crippen LogP contribution in [0.4, 0.5) is 22.9 Å². The Morgan fingerprint density at radius 2 is 1.79 bits per heavy atom. The predicted octanol–water partition coefficient (Wildman–Crippen LogP) is 5.11. The smallest absolute Gasteiger partial charge is 0.278 e. The van der Waals surface area contributed by atoms with Crippen LogP contribution in [0.15, 0.2) is 84.5 Å². The second-order valence-corrected chi connectivity index (χ2v) is 10.5. The van der Waals surface area contributed by atoms with Gasteiger partial charge < -0.3 is 21.1 Å². The zero-order valence-corrected chi connectivity index (χ0v) is 26.0. The summed E-state index contributed by atoms with van der Waals surface area (Å²) >= 11 is 6.86. The maximum atomic E-state index is 11.8. The van der Waals surface area contributed by atoms with E-state index in [1.807, 2.05) is 49.4 Å². The number of nitrogens with two attached hydrogens (primary N) is 1. The molecule has 13 nitrogen and oxygen atoms in total. The van der Waals surface area contributed by atoms with Crippen LogP contribution in [0.25, 0.3) is 0 Å². The number of halogens is 2. The Labute approximate surface area is 262 Å². The van der Waals surface area contributed by atoms with Crippen molar-refractivity contribution in [1.82, 2.24) is 15.4 Å². The fourth-order valence-electron chi connectivity index (χ4n) is 3.31. The molecule has 1 aromatic heterocycles. The lowest BCUT2D eigenvalue weighted by Gasteiger charge is -2.09. The molecule has 15 heteroatoms. The molecule has 1 heterocycles. The van der Waals surface area contributed by atoms with Crippen LogP contribution in [0.3, 0.4) is 0 Å². The first-order chi connectivity index (χ1) is 20.4. The summed E-state index contributed by atoms with van der Waals surface area (Å²) in [6, 6.07) is 16.7. The first-order valence-corrected chi connectivity index (χ1v) is 14.0. The van der Waals surface area contributed by atoms with Crippen molar-refractivity contribution in [3.05, 3.63) is 113 Å². The first kappa shape index (κ1) is 32.6. The number of hydrogen-bond donors (Lipinski definition) is 5. The van der Waals surface area contributed by atoms with Crippen LogP contribution >= 0.6 is 31.9 Å². The van der Waals surface area contributed by atoms with Gasteiger partial charge in [0.15, 0.2) is 11.5 Å². The highest BCUT2D eigenvalue weighted by atomic mass is 79.9. The molecule has 0 bridgehead atoms. The summed E-state index contributed by atoms with van der Waals surface area (Å²) in [5.41, 5.74) is 10.3. The quantitative estimate of drug-likeness (QED) is 0.0942. The molecule has 222 valence electrons. The number of H-pyrrole nitrogens is 1. The molecule has 0 atom stereocenters. The lowest BCUT2D eigenvalue weighted by molar-refractivity contribution is -0.384. The van der Waals surface area contributed by atoms with E-state index in [4.69, 9.17) is 5.73 Å². The van der Waals surface area contributed by atoms with Crippen LogP contribution in [0.2, 0.25) is 0 Å². The number of aromatic hydroxyl groups is 1. The van der Waals surface area contributed by atoms with Gasteiger partial charge in [-0.05, 0) is 43.2 Å². The highest BCUT2D eigenvalue weighted by Crippen LogP contribution is 2.28. The average Bonchev–Trinajstić information content (AvgIpc) is 2.96. The Morgan fingerprint density at radius 3 is 2.42 bits per heavy atom. The van der Waals surface area contributed by atoms with E-state index in [0.717, 1.165) is 38.0 Å². The first-order valence-electron chi connectivity index (χ1n) is 12.4. The Morgan fingerprint density at radius 1 is 1.12 bits per heavy atom. The molecule has 0 saturated carbocycles. The lowest BCUT2D eigenvalue weighted by Crippen LogP contribution is -2.25. The lowest BCUT2D eigenvalue weighted by atomic mass is 10.2. The van der Waals surface area contributed by atoms with Gasteiger partial charge in [0.05, 0.1) is 17.7 Å². The van der Waals surface area contributed by atoms with E-state index in [1.54, 1.807) is 13.1 Å². The van der Waals surface area contributed by atoms with E-state index in [1.165, 1.54) is 12.1 Å². The van der Waals surface area contributed by atoms with Gasteiger partial charge in [-0.2, -0.15) is 5.10 Å². The zero-order chi connectivity index (χ0) is 31.5. The van der Waals surface area contributed by atoms with Gasteiger partial charge in [0.1, 0.15) is 11.6 Å². The summed E-state index contributed by atoms with van der Waals surface area (Å²) in [4.78, 5) is 44.1. The van der Waals surface area contributed by atoms with Crippen LogP contribution < -0.4 is 22.0 Å². The highest BCUT2D eigenvalue weighted by molar-refractivity contribution is 9.11. The van der Waals surface area contributed by atoms with Gasteiger partial charge >= 0.3 is 0 Å². The third kappa shape index (κ3) is 9.86. The number of nitrogen functional groups attached to an aromatic ring is 1. The van der Waals surface area contributed by atoms with Gasteiger partial charge in [0, 0.05) is 38.5 Å². The largest absolute Gasteiger partial charge is 0.507 e. The standard InChI is InChI=1S/C16H14Br2N4O4.C12H12N4O/c1-9-13(17)5-11(6-14(9)18)19-8-16(24)21-20-7-10-4-12(22(25)26)2-3-15(10)23;1-8-15-11(13)10(12(17)16-8)14-7-9-5-3-2-4-6-9/h2-7,19,23H,8H2,1H3,(H,21,24);2-7H,1H3,(H3,13,15,16,17)/b20-7+;. The van der Waals surface area contributed by atoms with Crippen LogP contribution in [-0.2, 0) is 4.79 Å². The maximum absolute atomic E-state index is 11.8. The number of benzene rings is 3. The van der Waals surface area contributed by atoms with Gasteiger partial charge in [-0.3, -0.25) is 19.7 Å². The van der Waals surface area contributed by atoms with Crippen molar-refractivity contribution in [2.75, 3.05) is 17.6 Å². The molecule has 0 aliphatic heterocycles. The minimum atomic E-state index is -0.586. The van der Waals surface area contributed by atoms with Crippen molar-refractivity contribution in [2.24, 2.45) is 10.1 Å². The molecule has 0 radical (unpaired) electrons. The number of anilines is 2. The van der Waals surface area contributed by atoms with E-state index >= 15 is 0 Å². The number of aryl methyl sites for hydroxylation is 1. The van der Waals surface area contributed by atoms with Crippen LogP contribution in [0.5, 0.6) is 5.75 Å². The second kappa shape index (κ2) is 15.4. The number of nitrogens with zero attached hydrogens (tertiary/aromatic N) is 4. The maximum Gasteiger partial charge on any atom is 0.278 e. The van der Waals surface area contributed by atoms with Crippen LogP contribution in [0.1, 0.15) is 22.5 Å². The average molecular weight is 714 g/mol. The monoisotopic (exact) mass is 712 g/mol. The number of aliphatic imine (C=N–C) groups is 1. The molecule has 0 fully saturated rings. The summed E-state index contributed by atoms with van der Waals surface area (Å²) in [5.74, 6) is 0.0182. The fraction of sp³-hybridized carbons (Fsp3) is 0.107. The number of aromatic nitrogens is 2. The Balaban J connectivity index is 0.000000257. The molecule has 1 amide bonds. The van der Waals surface area contributed by atoms with Crippen molar-refractivity contribution >= 4 is 73.1 Å². The summed E-state index contributed by atoms with van der Waals surface area (Å²) in [7, 11) is 0. The number of amides is 1. The van der Waals surface area contributed by atoms with Crippen molar-refractivity contribution in [3.63, 3.8) is 0 Å². The van der Waals surface area contributed by atoms with Crippen molar-refractivity contribution < 1.29 is 14.8 Å². The number of nitro groups is 1. The summed E-state index contributed by atoms with van der Waals surface area (Å²) in [6.07, 6.45) is 2.72. The van der Waals surface area contributed by atoms with Crippen molar-refractivity contribution in [3.8, 4) is 5.75 Å². The number of phenolic OH excluding ortho intramolecular Hbond substituents is 1. The van der Waals surface area contributed by atoms with Crippen molar-refractivity contribution in [1.29, 1.82) is 0 Å². The topological polar surface area (TPSA) is 201 Å². The van der Waals surface area contributed by atoms with Gasteiger partial charge in [0.2, 0.25) is 0 Å². The molecular formula is C28H26Br2N8O5. The van der Waals surface area contributed by atoms with E-state index in [-0.39, 0.29) is 40.6 Å². The van der Waals surface area contributed by atoms with Crippen LogP contribution in [0, 0.1) is 24.0 Å². The highest BCUT2D eigenvalue weighted by Gasteiger charge is 2.09. The molecule has 0 aliphatic rings. The number of phenols is 1. The van der Waals surface area contributed by atoms with Gasteiger partial charge in [-0.25, -0.2) is 15.4 Å². The van der Waals surface area contributed by atoms with Gasteiger partial charge in [0.25, 0.3) is 17.2 Å². The number of carbonyl (C=O) groups excluding carboxylic acids is 1. The molecule has 6 N–H and O–H groups in total. The number of carbonyl (C=O) groups is 1.